The molecule has 0 N–H and O–H groups in total. The molecule has 9 heavy (non-hydrogen) atoms. The summed E-state index contributed by atoms with van der Waals surface area (Å²) in [4.78, 5) is 0. The molecule has 0 rings (SSSR count). The molecular weight excluding hydrogens is 244 g/mol. The molecule has 0 aromatic heterocycles. The van der Waals surface area contributed by atoms with Crippen molar-refractivity contribution in [3.8, 4) is 0 Å². The highest BCUT2D eigenvalue weighted by molar-refractivity contribution is 14.1. The second kappa shape index (κ2) is 3.63. The van der Waals surface area contributed by atoms with Crippen LogP contribution < -0.4 is 0 Å². The molecule has 0 aliphatic carbocycles. The van der Waals surface area contributed by atoms with Gasteiger partial charge in [0.2, 0.25) is 0 Å². The van der Waals surface area contributed by atoms with E-state index < -0.39 is 10.1 Å². The predicted molar refractivity (Wildman–Crippen MR) is 38.8 cm³/mol. The summed E-state index contributed by atoms with van der Waals surface area (Å²) in [6.07, 6.45) is -1.58. The summed E-state index contributed by atoms with van der Waals surface area (Å²) in [5.74, 6) is 0. The third-order valence-corrected chi connectivity index (χ3v) is 1.57. The molecule has 0 saturated heterocycles. The van der Waals surface area contributed by atoms with E-state index in [0.29, 0.717) is 6.42 Å². The maximum absolute atomic E-state index is 12.2. The van der Waals surface area contributed by atoms with Gasteiger partial charge in [-0.25, -0.2) is 4.39 Å². The lowest BCUT2D eigenvalue weighted by molar-refractivity contribution is 0.0278. The quantitative estimate of drug-likeness (QED) is 0.534. The second-order valence-corrected chi connectivity index (χ2v) is 3.24. The van der Waals surface area contributed by atoms with Crippen LogP contribution in [0.4, 0.5) is 13.2 Å². The molecule has 0 saturated carbocycles. The Bertz CT molecular complexity index is 78.8. The maximum Gasteiger partial charge on any atom is 0.326 e. The third-order valence-electron chi connectivity index (χ3n) is 0.897. The number of hydrogen-bond acceptors (Lipinski definition) is 0. The molecule has 0 aromatic rings. The first kappa shape index (κ1) is 9.52. The minimum atomic E-state index is -3.19. The van der Waals surface area contributed by atoms with Crippen molar-refractivity contribution in [1.29, 1.82) is 0 Å². The molecule has 0 aliphatic heterocycles. The van der Waals surface area contributed by atoms with Crippen molar-refractivity contribution in [2.45, 2.75) is 29.9 Å². The van der Waals surface area contributed by atoms with Gasteiger partial charge in [-0.1, -0.05) is 13.3 Å². The van der Waals surface area contributed by atoms with Gasteiger partial charge in [0.1, 0.15) is 0 Å². The van der Waals surface area contributed by atoms with Crippen molar-refractivity contribution in [1.82, 2.24) is 0 Å². The molecule has 0 radical (unpaired) electrons. The predicted octanol–water partition coefficient (Wildman–Crippen LogP) is 3.15. The van der Waals surface area contributed by atoms with Crippen LogP contribution in [0, 0.1) is 0 Å². The van der Waals surface area contributed by atoms with Crippen LogP contribution in [0.5, 0.6) is 0 Å². The van der Waals surface area contributed by atoms with Crippen molar-refractivity contribution in [3.05, 3.63) is 0 Å². The zero-order valence-electron chi connectivity index (χ0n) is 5.00. The van der Waals surface area contributed by atoms with Gasteiger partial charge in [0.25, 0.3) is 0 Å². The Morgan fingerprint density at radius 1 is 1.56 bits per heavy atom. The Morgan fingerprint density at radius 3 is 2.11 bits per heavy atom. The zero-order valence-corrected chi connectivity index (χ0v) is 7.16. The van der Waals surface area contributed by atoms with E-state index in [1.807, 2.05) is 0 Å². The number of halogens is 4. The minimum Gasteiger partial charge on any atom is -0.240 e. The molecule has 0 fully saturated rings. The lowest BCUT2D eigenvalue weighted by Crippen LogP contribution is -2.21. The van der Waals surface area contributed by atoms with Crippen molar-refractivity contribution >= 4 is 22.6 Å². The van der Waals surface area contributed by atoms with Gasteiger partial charge < -0.3 is 0 Å². The summed E-state index contributed by atoms with van der Waals surface area (Å²) in [5, 5.41) is 0. The molecule has 0 aliphatic rings. The zero-order chi connectivity index (χ0) is 7.49. The van der Waals surface area contributed by atoms with Crippen molar-refractivity contribution in [2.24, 2.45) is 0 Å². The van der Waals surface area contributed by atoms with E-state index in [-0.39, 0.29) is 6.42 Å². The van der Waals surface area contributed by atoms with Gasteiger partial charge >= 0.3 is 3.93 Å². The van der Waals surface area contributed by atoms with Crippen LogP contribution in [-0.4, -0.2) is 10.1 Å². The molecule has 0 amide bonds. The van der Waals surface area contributed by atoms with Crippen molar-refractivity contribution in [3.63, 3.8) is 0 Å². The molecule has 4 heteroatoms. The lowest BCUT2D eigenvalue weighted by atomic mass is 10.2. The molecule has 0 aromatic carbocycles. The highest BCUT2D eigenvalue weighted by Gasteiger charge is 2.35. The normalized spacial score (nSPS) is 15.7. The molecule has 0 spiro atoms. The fraction of sp³-hybridized carbons (Fsp3) is 1.00. The van der Waals surface area contributed by atoms with Gasteiger partial charge in [0, 0.05) is 22.6 Å². The lowest BCUT2D eigenvalue weighted by Gasteiger charge is -2.11. The van der Waals surface area contributed by atoms with Crippen LogP contribution in [0.2, 0.25) is 0 Å². The van der Waals surface area contributed by atoms with Crippen molar-refractivity contribution in [2.75, 3.05) is 0 Å². The molecule has 0 heterocycles. The summed E-state index contributed by atoms with van der Waals surface area (Å²) in [6, 6.07) is 0. The van der Waals surface area contributed by atoms with E-state index in [9.17, 15) is 13.2 Å². The van der Waals surface area contributed by atoms with Crippen LogP contribution in [0.15, 0.2) is 0 Å². The Kier molecular flexibility index (Phi) is 3.84. The van der Waals surface area contributed by atoms with E-state index in [2.05, 4.69) is 0 Å². The molecule has 0 bridgehead atoms. The first-order chi connectivity index (χ1) is 3.98. The summed E-state index contributed by atoms with van der Waals surface area (Å²) in [6.45, 7) is 1.68. The summed E-state index contributed by atoms with van der Waals surface area (Å²) < 4.78 is 32.8. The first-order valence-corrected chi connectivity index (χ1v) is 3.77. The molecule has 1 atom stereocenters. The fourth-order valence-corrected chi connectivity index (χ4v) is 0.729. The summed E-state index contributed by atoms with van der Waals surface area (Å²) in [5.41, 5.74) is 0. The van der Waals surface area contributed by atoms with Gasteiger partial charge in [-0.05, 0) is 6.42 Å². The van der Waals surface area contributed by atoms with Crippen LogP contribution >= 0.6 is 22.6 Å². The Labute approximate surface area is 66.0 Å². The topological polar surface area (TPSA) is 0 Å². The van der Waals surface area contributed by atoms with Crippen LogP contribution in [0.3, 0.4) is 0 Å². The molecule has 0 nitrogen and oxygen atoms in total. The Hall–Kier alpha value is 0.520. The summed E-state index contributed by atoms with van der Waals surface area (Å²) in [7, 11) is 0. The van der Waals surface area contributed by atoms with Gasteiger partial charge in [0.15, 0.2) is 6.17 Å². The number of alkyl halides is 4. The second-order valence-electron chi connectivity index (χ2n) is 1.80. The largest absolute Gasteiger partial charge is 0.326 e. The van der Waals surface area contributed by atoms with E-state index in [1.54, 1.807) is 6.92 Å². The SMILES string of the molecule is CCCC(F)C(F)(F)I. The minimum absolute atomic E-state index is 0.0596. The monoisotopic (exact) mass is 252 g/mol. The van der Waals surface area contributed by atoms with Crippen LogP contribution in [0.25, 0.3) is 0 Å². The van der Waals surface area contributed by atoms with Gasteiger partial charge in [-0.2, -0.15) is 8.78 Å². The fourth-order valence-electron chi connectivity index (χ4n) is 0.417. The molecular formula is C5H8F3I. The van der Waals surface area contributed by atoms with Gasteiger partial charge in [-0.3, -0.25) is 0 Å². The smallest absolute Gasteiger partial charge is 0.240 e. The molecule has 56 valence electrons. The Balaban J connectivity index is 3.59. The van der Waals surface area contributed by atoms with E-state index in [0.717, 1.165) is 22.6 Å². The van der Waals surface area contributed by atoms with Gasteiger partial charge in [0.05, 0.1) is 0 Å². The number of rotatable bonds is 3. The first-order valence-electron chi connectivity index (χ1n) is 2.69. The van der Waals surface area contributed by atoms with E-state index in [1.165, 1.54) is 0 Å². The highest BCUT2D eigenvalue weighted by atomic mass is 127. The number of hydrogen-bond donors (Lipinski definition) is 0. The van der Waals surface area contributed by atoms with E-state index in [4.69, 9.17) is 0 Å². The molecule has 1 unspecified atom stereocenters. The Morgan fingerprint density at radius 2 is 2.00 bits per heavy atom. The van der Waals surface area contributed by atoms with E-state index >= 15 is 0 Å². The van der Waals surface area contributed by atoms with Gasteiger partial charge in [-0.15, -0.1) is 0 Å². The van der Waals surface area contributed by atoms with Crippen LogP contribution in [-0.2, 0) is 0 Å². The third kappa shape index (κ3) is 4.00. The highest BCUT2D eigenvalue weighted by Crippen LogP contribution is 2.31. The van der Waals surface area contributed by atoms with Crippen molar-refractivity contribution < 1.29 is 13.2 Å². The average molecular weight is 252 g/mol. The van der Waals surface area contributed by atoms with Crippen LogP contribution in [0.1, 0.15) is 19.8 Å². The standard InChI is InChI=1S/C5H8F3I/c1-2-3-4(6)5(7,8)9/h4H,2-3H2,1H3. The average Bonchev–Trinajstić information content (AvgIpc) is 1.64. The maximum atomic E-state index is 12.2. The summed E-state index contributed by atoms with van der Waals surface area (Å²) >= 11 is 0.818.